The molecule has 2 aliphatic rings. The Morgan fingerprint density at radius 3 is 2.57 bits per heavy atom. The number of halogens is 1. The van der Waals surface area contributed by atoms with Gasteiger partial charge in [0.1, 0.15) is 0 Å². The summed E-state index contributed by atoms with van der Waals surface area (Å²) in [6.45, 7) is 2.56. The molecule has 1 aliphatic heterocycles. The van der Waals surface area contributed by atoms with E-state index in [-0.39, 0.29) is 0 Å². The van der Waals surface area contributed by atoms with E-state index in [1.165, 1.54) is 42.5 Å². The van der Waals surface area contributed by atoms with Gasteiger partial charge in [0, 0.05) is 28.7 Å². The van der Waals surface area contributed by atoms with Crippen molar-refractivity contribution in [3.05, 3.63) is 28.7 Å². The van der Waals surface area contributed by atoms with Crippen molar-refractivity contribution in [3.8, 4) is 0 Å². The molecular weight excluding hydrogens is 238 g/mol. The summed E-state index contributed by atoms with van der Waals surface area (Å²) in [5.41, 5.74) is 2.10. The zero-order valence-electron chi connectivity index (χ0n) is 8.17. The van der Waals surface area contributed by atoms with E-state index in [0.29, 0.717) is 0 Å². The average molecular weight is 252 g/mol. The molecule has 2 heteroatoms. The molecule has 1 nitrogen and oxygen atoms in total. The molecule has 0 atom stereocenters. The van der Waals surface area contributed by atoms with E-state index < -0.39 is 0 Å². The standard InChI is InChI=1S/C12H14BrN/c13-10-3-1-4-11(7-10)14-8-12(9-14)5-2-6-12/h1,3-4,7H,2,5-6,8-9H2. The maximum Gasteiger partial charge on any atom is 0.0377 e. The van der Waals surface area contributed by atoms with Crippen LogP contribution in [0.3, 0.4) is 0 Å². The smallest absolute Gasteiger partial charge is 0.0377 e. The van der Waals surface area contributed by atoms with Crippen LogP contribution in [0.4, 0.5) is 5.69 Å². The van der Waals surface area contributed by atoms with E-state index >= 15 is 0 Å². The number of benzene rings is 1. The van der Waals surface area contributed by atoms with Crippen molar-refractivity contribution in [1.82, 2.24) is 0 Å². The second kappa shape index (κ2) is 2.99. The second-order valence-corrected chi connectivity index (χ2v) is 5.61. The monoisotopic (exact) mass is 251 g/mol. The van der Waals surface area contributed by atoms with Crippen LogP contribution in [0.25, 0.3) is 0 Å². The highest BCUT2D eigenvalue weighted by molar-refractivity contribution is 9.10. The number of anilines is 1. The first-order valence-electron chi connectivity index (χ1n) is 5.28. The topological polar surface area (TPSA) is 3.24 Å². The fraction of sp³-hybridized carbons (Fsp3) is 0.500. The van der Waals surface area contributed by atoms with Crippen molar-refractivity contribution >= 4 is 21.6 Å². The minimum atomic E-state index is 0.725. The van der Waals surface area contributed by atoms with Gasteiger partial charge in [0.25, 0.3) is 0 Å². The molecule has 1 heterocycles. The Balaban J connectivity index is 1.73. The van der Waals surface area contributed by atoms with Gasteiger partial charge < -0.3 is 4.90 Å². The molecule has 0 bridgehead atoms. The zero-order chi connectivity index (χ0) is 9.60. The molecule has 0 unspecified atom stereocenters. The lowest BCUT2D eigenvalue weighted by atomic mass is 9.63. The van der Waals surface area contributed by atoms with Crippen LogP contribution in [-0.2, 0) is 0 Å². The van der Waals surface area contributed by atoms with Gasteiger partial charge in [-0.3, -0.25) is 0 Å². The molecule has 3 rings (SSSR count). The number of hydrogen-bond acceptors (Lipinski definition) is 1. The summed E-state index contributed by atoms with van der Waals surface area (Å²) in [6.07, 6.45) is 4.36. The molecular formula is C12H14BrN. The third-order valence-electron chi connectivity index (χ3n) is 3.64. The average Bonchev–Trinajstić information content (AvgIpc) is 1.98. The number of hydrogen-bond donors (Lipinski definition) is 0. The highest BCUT2D eigenvalue weighted by atomic mass is 79.9. The molecule has 2 fully saturated rings. The number of nitrogens with zero attached hydrogens (tertiary/aromatic N) is 1. The summed E-state index contributed by atoms with van der Waals surface area (Å²) in [7, 11) is 0. The van der Waals surface area contributed by atoms with E-state index in [4.69, 9.17) is 0 Å². The summed E-state index contributed by atoms with van der Waals surface area (Å²) >= 11 is 3.52. The summed E-state index contributed by atoms with van der Waals surface area (Å²) in [6, 6.07) is 8.62. The maximum absolute atomic E-state index is 3.52. The Morgan fingerprint density at radius 2 is 2.00 bits per heavy atom. The van der Waals surface area contributed by atoms with Crippen LogP contribution in [0.2, 0.25) is 0 Å². The highest BCUT2D eigenvalue weighted by Gasteiger charge is 2.47. The molecule has 0 radical (unpaired) electrons. The van der Waals surface area contributed by atoms with Crippen molar-refractivity contribution in [1.29, 1.82) is 0 Å². The first-order chi connectivity index (χ1) is 6.77. The summed E-state index contributed by atoms with van der Waals surface area (Å²) in [5, 5.41) is 0. The molecule has 0 amide bonds. The lowest BCUT2D eigenvalue weighted by Gasteiger charge is -2.57. The Labute approximate surface area is 93.2 Å². The number of rotatable bonds is 1. The molecule has 0 N–H and O–H groups in total. The van der Waals surface area contributed by atoms with Gasteiger partial charge in [-0.15, -0.1) is 0 Å². The van der Waals surface area contributed by atoms with Gasteiger partial charge in [0.05, 0.1) is 0 Å². The van der Waals surface area contributed by atoms with Crippen LogP contribution < -0.4 is 4.90 Å². The SMILES string of the molecule is Brc1cccc(N2CC3(CCC3)C2)c1. The fourth-order valence-corrected chi connectivity index (χ4v) is 3.00. The van der Waals surface area contributed by atoms with E-state index in [1.54, 1.807) is 0 Å². The Bertz CT molecular complexity index is 349. The molecule has 1 saturated heterocycles. The van der Waals surface area contributed by atoms with Gasteiger partial charge in [0.15, 0.2) is 0 Å². The molecule has 1 aromatic rings. The van der Waals surface area contributed by atoms with Crippen molar-refractivity contribution in [3.63, 3.8) is 0 Å². The summed E-state index contributed by atoms with van der Waals surface area (Å²) in [4.78, 5) is 2.49. The van der Waals surface area contributed by atoms with E-state index in [1.807, 2.05) is 0 Å². The third-order valence-corrected chi connectivity index (χ3v) is 4.13. The molecule has 1 spiro atoms. The summed E-state index contributed by atoms with van der Waals surface area (Å²) < 4.78 is 1.18. The highest BCUT2D eigenvalue weighted by Crippen LogP contribution is 2.49. The summed E-state index contributed by atoms with van der Waals surface area (Å²) in [5.74, 6) is 0. The molecule has 1 saturated carbocycles. The van der Waals surface area contributed by atoms with Gasteiger partial charge in [-0.2, -0.15) is 0 Å². The lowest BCUT2D eigenvalue weighted by molar-refractivity contribution is 0.0904. The molecule has 1 aromatic carbocycles. The Hall–Kier alpha value is -0.500. The predicted molar refractivity (Wildman–Crippen MR) is 62.6 cm³/mol. The second-order valence-electron chi connectivity index (χ2n) is 4.69. The van der Waals surface area contributed by atoms with Gasteiger partial charge >= 0.3 is 0 Å². The van der Waals surface area contributed by atoms with Crippen molar-refractivity contribution in [2.45, 2.75) is 19.3 Å². The van der Waals surface area contributed by atoms with Crippen LogP contribution in [0, 0.1) is 5.41 Å². The normalized spacial score (nSPS) is 23.1. The van der Waals surface area contributed by atoms with E-state index in [2.05, 4.69) is 45.1 Å². The van der Waals surface area contributed by atoms with Gasteiger partial charge in [-0.25, -0.2) is 0 Å². The van der Waals surface area contributed by atoms with Crippen LogP contribution >= 0.6 is 15.9 Å². The van der Waals surface area contributed by atoms with E-state index in [0.717, 1.165) is 5.41 Å². The van der Waals surface area contributed by atoms with Crippen LogP contribution in [0.15, 0.2) is 28.7 Å². The maximum atomic E-state index is 3.52. The van der Waals surface area contributed by atoms with Gasteiger partial charge in [0.2, 0.25) is 0 Å². The van der Waals surface area contributed by atoms with Crippen molar-refractivity contribution < 1.29 is 0 Å². The van der Waals surface area contributed by atoms with Crippen LogP contribution in [0.1, 0.15) is 19.3 Å². The molecule has 14 heavy (non-hydrogen) atoms. The quantitative estimate of drug-likeness (QED) is 0.740. The zero-order valence-corrected chi connectivity index (χ0v) is 9.76. The lowest BCUT2D eigenvalue weighted by Crippen LogP contribution is -2.59. The Kier molecular flexibility index (Phi) is 1.88. The predicted octanol–water partition coefficient (Wildman–Crippen LogP) is 3.44. The van der Waals surface area contributed by atoms with Crippen LogP contribution in [0.5, 0.6) is 0 Å². The van der Waals surface area contributed by atoms with Gasteiger partial charge in [-0.1, -0.05) is 28.4 Å². The molecule has 74 valence electrons. The molecule has 0 aromatic heterocycles. The van der Waals surface area contributed by atoms with Crippen molar-refractivity contribution in [2.75, 3.05) is 18.0 Å². The largest absolute Gasteiger partial charge is 0.370 e. The van der Waals surface area contributed by atoms with E-state index in [9.17, 15) is 0 Å². The molecule has 1 aliphatic carbocycles. The third kappa shape index (κ3) is 1.28. The minimum Gasteiger partial charge on any atom is -0.370 e. The fourth-order valence-electron chi connectivity index (χ4n) is 2.61. The minimum absolute atomic E-state index is 0.725. The van der Waals surface area contributed by atoms with Crippen LogP contribution in [-0.4, -0.2) is 13.1 Å². The van der Waals surface area contributed by atoms with Gasteiger partial charge in [-0.05, 0) is 31.0 Å². The Morgan fingerprint density at radius 1 is 1.21 bits per heavy atom. The first kappa shape index (κ1) is 8.78. The first-order valence-corrected chi connectivity index (χ1v) is 6.07. The van der Waals surface area contributed by atoms with Crippen molar-refractivity contribution in [2.24, 2.45) is 5.41 Å².